The molecule has 5 heteroatoms. The topological polar surface area (TPSA) is 64.6 Å². The summed E-state index contributed by atoms with van der Waals surface area (Å²) in [6, 6.07) is 17.0. The van der Waals surface area contributed by atoms with Gasteiger partial charge in [-0.25, -0.2) is 0 Å². The molecule has 1 N–H and O–H groups in total. The molecule has 0 saturated carbocycles. The van der Waals surface area contributed by atoms with Gasteiger partial charge in [0.15, 0.2) is 0 Å². The summed E-state index contributed by atoms with van der Waals surface area (Å²) in [7, 11) is 0. The SMILES string of the molecule is C=C1NC(=O)C[C@H](c2ccccc2OC(C)C)[C@H]1C(=O)OCc1ccccc1. The Balaban J connectivity index is 1.86. The summed E-state index contributed by atoms with van der Waals surface area (Å²) in [5.74, 6) is -0.955. The lowest BCUT2D eigenvalue weighted by atomic mass is 9.78. The monoisotopic (exact) mass is 379 g/mol. The standard InChI is InChI=1S/C23H25NO4/c1-15(2)28-20-12-8-7-11-18(20)19-13-21(25)24-16(3)22(19)23(26)27-14-17-9-5-4-6-10-17/h4-12,15,19,22H,3,13-14H2,1-2H3,(H,24,25)/t19-,22+/m1/s1. The molecule has 1 heterocycles. The van der Waals surface area contributed by atoms with Crippen molar-refractivity contribution in [1.29, 1.82) is 0 Å². The van der Waals surface area contributed by atoms with Crippen molar-refractivity contribution in [3.8, 4) is 5.75 Å². The van der Waals surface area contributed by atoms with Crippen molar-refractivity contribution < 1.29 is 19.1 Å². The first-order valence-corrected chi connectivity index (χ1v) is 9.40. The van der Waals surface area contributed by atoms with Crippen LogP contribution in [-0.4, -0.2) is 18.0 Å². The van der Waals surface area contributed by atoms with Gasteiger partial charge < -0.3 is 14.8 Å². The largest absolute Gasteiger partial charge is 0.491 e. The van der Waals surface area contributed by atoms with E-state index in [1.807, 2.05) is 68.4 Å². The third kappa shape index (κ3) is 4.60. The molecule has 0 aliphatic carbocycles. The Morgan fingerprint density at radius 2 is 1.82 bits per heavy atom. The number of carbonyl (C=O) groups is 2. The summed E-state index contributed by atoms with van der Waals surface area (Å²) in [4.78, 5) is 25.1. The molecule has 1 saturated heterocycles. The van der Waals surface area contributed by atoms with Crippen LogP contribution in [0.3, 0.4) is 0 Å². The number of esters is 1. The van der Waals surface area contributed by atoms with E-state index in [1.165, 1.54) is 0 Å². The van der Waals surface area contributed by atoms with Crippen LogP contribution in [0.2, 0.25) is 0 Å². The van der Waals surface area contributed by atoms with Crippen LogP contribution in [0.15, 0.2) is 66.9 Å². The van der Waals surface area contributed by atoms with Crippen molar-refractivity contribution in [2.24, 2.45) is 5.92 Å². The molecule has 0 bridgehead atoms. The van der Waals surface area contributed by atoms with Crippen LogP contribution in [0, 0.1) is 5.92 Å². The van der Waals surface area contributed by atoms with Gasteiger partial charge in [-0.3, -0.25) is 9.59 Å². The van der Waals surface area contributed by atoms with Gasteiger partial charge >= 0.3 is 5.97 Å². The van der Waals surface area contributed by atoms with E-state index in [0.29, 0.717) is 11.4 Å². The summed E-state index contributed by atoms with van der Waals surface area (Å²) in [6.45, 7) is 7.97. The Labute approximate surface area is 165 Å². The fourth-order valence-corrected chi connectivity index (χ4v) is 3.43. The molecular formula is C23H25NO4. The summed E-state index contributed by atoms with van der Waals surface area (Å²) in [5, 5.41) is 2.69. The highest BCUT2D eigenvalue weighted by molar-refractivity contribution is 5.87. The van der Waals surface area contributed by atoms with E-state index in [2.05, 4.69) is 11.9 Å². The lowest BCUT2D eigenvalue weighted by molar-refractivity contribution is -0.150. The Bertz CT molecular complexity index is 860. The maximum atomic E-state index is 12.9. The molecule has 0 aromatic heterocycles. The molecule has 1 aliphatic heterocycles. The number of ether oxygens (including phenoxy) is 2. The van der Waals surface area contributed by atoms with Crippen molar-refractivity contribution in [1.82, 2.24) is 5.32 Å². The fourth-order valence-electron chi connectivity index (χ4n) is 3.43. The molecule has 5 nitrogen and oxygen atoms in total. The number of para-hydroxylation sites is 1. The van der Waals surface area contributed by atoms with Crippen molar-refractivity contribution in [3.63, 3.8) is 0 Å². The van der Waals surface area contributed by atoms with Gasteiger partial charge in [0.25, 0.3) is 0 Å². The second-order valence-electron chi connectivity index (χ2n) is 7.16. The van der Waals surface area contributed by atoms with Crippen LogP contribution in [0.5, 0.6) is 5.75 Å². The highest BCUT2D eigenvalue weighted by Crippen LogP contribution is 2.40. The smallest absolute Gasteiger partial charge is 0.315 e. The van der Waals surface area contributed by atoms with Gasteiger partial charge in [0.05, 0.1) is 6.10 Å². The van der Waals surface area contributed by atoms with Crippen LogP contribution in [0.4, 0.5) is 0 Å². The molecule has 1 aliphatic rings. The predicted molar refractivity (Wildman–Crippen MR) is 107 cm³/mol. The van der Waals surface area contributed by atoms with E-state index in [-0.39, 0.29) is 31.0 Å². The van der Waals surface area contributed by atoms with E-state index in [9.17, 15) is 9.59 Å². The number of nitrogens with one attached hydrogen (secondary N) is 1. The number of amides is 1. The van der Waals surface area contributed by atoms with Gasteiger partial charge in [0.1, 0.15) is 18.3 Å². The molecule has 0 radical (unpaired) electrons. The van der Waals surface area contributed by atoms with Crippen molar-refractivity contribution in [2.45, 2.75) is 38.9 Å². The van der Waals surface area contributed by atoms with Gasteiger partial charge in [-0.05, 0) is 31.0 Å². The second-order valence-corrected chi connectivity index (χ2v) is 7.16. The van der Waals surface area contributed by atoms with Crippen LogP contribution in [-0.2, 0) is 20.9 Å². The normalized spacial score (nSPS) is 19.2. The first-order valence-electron chi connectivity index (χ1n) is 9.40. The average molecular weight is 379 g/mol. The Morgan fingerprint density at radius 3 is 2.54 bits per heavy atom. The average Bonchev–Trinajstić information content (AvgIpc) is 2.66. The molecule has 0 spiro atoms. The molecular weight excluding hydrogens is 354 g/mol. The van der Waals surface area contributed by atoms with Crippen molar-refractivity contribution in [3.05, 3.63) is 78.0 Å². The minimum Gasteiger partial charge on any atom is -0.491 e. The zero-order valence-corrected chi connectivity index (χ0v) is 16.2. The van der Waals surface area contributed by atoms with Gasteiger partial charge in [-0.2, -0.15) is 0 Å². The predicted octanol–water partition coefficient (Wildman–Crippen LogP) is 3.95. The van der Waals surface area contributed by atoms with E-state index in [0.717, 1.165) is 11.1 Å². The van der Waals surface area contributed by atoms with Crippen LogP contribution in [0.1, 0.15) is 37.3 Å². The summed E-state index contributed by atoms with van der Waals surface area (Å²) in [5.41, 5.74) is 2.08. The summed E-state index contributed by atoms with van der Waals surface area (Å²) < 4.78 is 11.5. The number of hydrogen-bond acceptors (Lipinski definition) is 4. The molecule has 28 heavy (non-hydrogen) atoms. The third-order valence-corrected chi connectivity index (χ3v) is 4.64. The maximum Gasteiger partial charge on any atom is 0.315 e. The van der Waals surface area contributed by atoms with Gasteiger partial charge in [-0.15, -0.1) is 0 Å². The quantitative estimate of drug-likeness (QED) is 0.772. The molecule has 2 atom stereocenters. The molecule has 3 rings (SSSR count). The van der Waals surface area contributed by atoms with Gasteiger partial charge in [-0.1, -0.05) is 55.1 Å². The molecule has 146 valence electrons. The van der Waals surface area contributed by atoms with Crippen molar-refractivity contribution >= 4 is 11.9 Å². The number of piperidine rings is 1. The van der Waals surface area contributed by atoms with E-state index >= 15 is 0 Å². The van der Waals surface area contributed by atoms with Gasteiger partial charge in [0.2, 0.25) is 5.91 Å². The minimum absolute atomic E-state index is 0.0229. The highest BCUT2D eigenvalue weighted by atomic mass is 16.5. The lowest BCUT2D eigenvalue weighted by Gasteiger charge is -2.33. The first-order chi connectivity index (χ1) is 13.5. The van der Waals surface area contributed by atoms with E-state index in [4.69, 9.17) is 9.47 Å². The Kier molecular flexibility index (Phi) is 6.14. The summed E-state index contributed by atoms with van der Waals surface area (Å²) in [6.07, 6.45) is 0.146. The Hall–Kier alpha value is -3.08. The lowest BCUT2D eigenvalue weighted by Crippen LogP contribution is -2.41. The Morgan fingerprint density at radius 1 is 1.14 bits per heavy atom. The maximum absolute atomic E-state index is 12.9. The van der Waals surface area contributed by atoms with Crippen molar-refractivity contribution in [2.75, 3.05) is 0 Å². The van der Waals surface area contributed by atoms with E-state index < -0.39 is 11.9 Å². The van der Waals surface area contributed by atoms with Gasteiger partial charge in [0, 0.05) is 18.0 Å². The molecule has 1 amide bonds. The number of benzene rings is 2. The second kappa shape index (κ2) is 8.74. The zero-order chi connectivity index (χ0) is 20.1. The molecule has 2 aromatic rings. The highest BCUT2D eigenvalue weighted by Gasteiger charge is 2.40. The van der Waals surface area contributed by atoms with E-state index in [1.54, 1.807) is 0 Å². The minimum atomic E-state index is -0.668. The fraction of sp³-hybridized carbons (Fsp3) is 0.304. The number of rotatable bonds is 6. The third-order valence-electron chi connectivity index (χ3n) is 4.64. The molecule has 2 aromatic carbocycles. The number of carbonyl (C=O) groups excluding carboxylic acids is 2. The number of hydrogen-bond donors (Lipinski definition) is 1. The van der Waals surface area contributed by atoms with Crippen LogP contribution in [0.25, 0.3) is 0 Å². The first kappa shape index (κ1) is 19.7. The van der Waals surface area contributed by atoms with Crippen LogP contribution < -0.4 is 10.1 Å². The van der Waals surface area contributed by atoms with Crippen LogP contribution >= 0.6 is 0 Å². The molecule has 0 unspecified atom stereocenters. The zero-order valence-electron chi connectivity index (χ0n) is 16.2. The molecule has 1 fully saturated rings. The summed E-state index contributed by atoms with van der Waals surface area (Å²) >= 11 is 0.